The quantitative estimate of drug-likeness (QED) is 0.606. The summed E-state index contributed by atoms with van der Waals surface area (Å²) >= 11 is 0. The van der Waals surface area contributed by atoms with E-state index in [1.807, 2.05) is 13.8 Å². The highest BCUT2D eigenvalue weighted by Crippen LogP contribution is 2.17. The molecule has 0 unspecified atom stereocenters. The van der Waals surface area contributed by atoms with Crippen LogP contribution in [0.25, 0.3) is 6.08 Å². The third kappa shape index (κ3) is 2.77. The van der Waals surface area contributed by atoms with Gasteiger partial charge >= 0.3 is 5.97 Å². The van der Waals surface area contributed by atoms with Crippen LogP contribution in [0.3, 0.4) is 0 Å². The van der Waals surface area contributed by atoms with E-state index >= 15 is 0 Å². The Balaban J connectivity index is 3.19. The van der Waals surface area contributed by atoms with Crippen molar-refractivity contribution in [2.75, 3.05) is 0 Å². The first-order valence-corrected chi connectivity index (χ1v) is 4.52. The first-order valence-electron chi connectivity index (χ1n) is 4.52. The SMILES string of the molecule is Cc1cc(C=O)cc(C)c1C=CC(=O)O. The lowest BCUT2D eigenvalue weighted by Crippen LogP contribution is -1.92. The Labute approximate surface area is 88.0 Å². The molecule has 1 rings (SSSR count). The zero-order valence-electron chi connectivity index (χ0n) is 8.65. The van der Waals surface area contributed by atoms with Crippen molar-refractivity contribution in [3.8, 4) is 0 Å². The summed E-state index contributed by atoms with van der Waals surface area (Å²) in [5.41, 5.74) is 3.25. The van der Waals surface area contributed by atoms with Gasteiger partial charge in [0, 0.05) is 11.6 Å². The van der Waals surface area contributed by atoms with Crippen LogP contribution in [0.2, 0.25) is 0 Å². The van der Waals surface area contributed by atoms with E-state index in [1.54, 1.807) is 18.2 Å². The summed E-state index contributed by atoms with van der Waals surface area (Å²) in [6.07, 6.45) is 3.42. The van der Waals surface area contributed by atoms with Gasteiger partial charge in [0.15, 0.2) is 0 Å². The summed E-state index contributed by atoms with van der Waals surface area (Å²) < 4.78 is 0. The van der Waals surface area contributed by atoms with Gasteiger partial charge in [-0.15, -0.1) is 0 Å². The average molecular weight is 204 g/mol. The second-order valence-electron chi connectivity index (χ2n) is 3.36. The van der Waals surface area contributed by atoms with Crippen LogP contribution in [-0.2, 0) is 4.79 Å². The number of carbonyl (C=O) groups excluding carboxylic acids is 1. The van der Waals surface area contributed by atoms with E-state index in [0.717, 1.165) is 29.1 Å². The molecule has 1 N–H and O–H groups in total. The second-order valence-corrected chi connectivity index (χ2v) is 3.36. The van der Waals surface area contributed by atoms with Gasteiger partial charge in [0.2, 0.25) is 0 Å². The molecule has 0 atom stereocenters. The topological polar surface area (TPSA) is 54.4 Å². The van der Waals surface area contributed by atoms with Gasteiger partial charge in [-0.05, 0) is 48.7 Å². The molecular formula is C12H12O3. The van der Waals surface area contributed by atoms with E-state index in [-0.39, 0.29) is 0 Å². The third-order valence-electron chi connectivity index (χ3n) is 2.14. The first-order chi connectivity index (χ1) is 7.04. The third-order valence-corrected chi connectivity index (χ3v) is 2.14. The zero-order chi connectivity index (χ0) is 11.4. The number of carbonyl (C=O) groups is 2. The number of carboxylic acid groups (broad SMARTS) is 1. The molecule has 0 fully saturated rings. The molecule has 0 aromatic heterocycles. The van der Waals surface area contributed by atoms with Crippen molar-refractivity contribution in [1.29, 1.82) is 0 Å². The van der Waals surface area contributed by atoms with E-state index < -0.39 is 5.97 Å². The Morgan fingerprint density at radius 1 is 1.27 bits per heavy atom. The maximum Gasteiger partial charge on any atom is 0.328 e. The van der Waals surface area contributed by atoms with Crippen molar-refractivity contribution in [1.82, 2.24) is 0 Å². The Kier molecular flexibility index (Phi) is 3.39. The minimum atomic E-state index is -0.978. The smallest absolute Gasteiger partial charge is 0.328 e. The van der Waals surface area contributed by atoms with Crippen molar-refractivity contribution in [2.24, 2.45) is 0 Å². The molecule has 0 saturated heterocycles. The van der Waals surface area contributed by atoms with Gasteiger partial charge < -0.3 is 5.11 Å². The van der Waals surface area contributed by atoms with Crippen molar-refractivity contribution < 1.29 is 14.7 Å². The number of rotatable bonds is 3. The van der Waals surface area contributed by atoms with Crippen LogP contribution in [0.15, 0.2) is 18.2 Å². The molecule has 3 heteroatoms. The lowest BCUT2D eigenvalue weighted by Gasteiger charge is -2.05. The second kappa shape index (κ2) is 4.55. The summed E-state index contributed by atoms with van der Waals surface area (Å²) in [5.74, 6) is -0.978. The molecule has 0 saturated carbocycles. The molecular weight excluding hydrogens is 192 g/mol. The van der Waals surface area contributed by atoms with Gasteiger partial charge in [-0.25, -0.2) is 4.79 Å². The summed E-state index contributed by atoms with van der Waals surface area (Å²) in [6.45, 7) is 3.70. The van der Waals surface area contributed by atoms with E-state index in [2.05, 4.69) is 0 Å². The van der Waals surface area contributed by atoms with Crippen LogP contribution < -0.4 is 0 Å². The molecule has 0 spiro atoms. The number of benzene rings is 1. The van der Waals surface area contributed by atoms with Crippen LogP contribution in [0.5, 0.6) is 0 Å². The summed E-state index contributed by atoms with van der Waals surface area (Å²) in [6, 6.07) is 3.48. The minimum Gasteiger partial charge on any atom is -0.478 e. The van der Waals surface area contributed by atoms with Crippen molar-refractivity contribution in [2.45, 2.75) is 13.8 Å². The molecule has 0 aliphatic rings. The molecule has 78 valence electrons. The zero-order valence-corrected chi connectivity index (χ0v) is 8.65. The van der Waals surface area contributed by atoms with Gasteiger partial charge in [0.05, 0.1) is 0 Å². The van der Waals surface area contributed by atoms with E-state index in [1.165, 1.54) is 0 Å². The highest BCUT2D eigenvalue weighted by molar-refractivity contribution is 5.86. The normalized spacial score (nSPS) is 10.5. The van der Waals surface area contributed by atoms with Gasteiger partial charge in [0.25, 0.3) is 0 Å². The molecule has 0 heterocycles. The molecule has 0 bridgehead atoms. The van der Waals surface area contributed by atoms with Gasteiger partial charge in [-0.1, -0.05) is 0 Å². The fraction of sp³-hybridized carbons (Fsp3) is 0.167. The monoisotopic (exact) mass is 204 g/mol. The minimum absolute atomic E-state index is 0.609. The van der Waals surface area contributed by atoms with Gasteiger partial charge in [0.1, 0.15) is 6.29 Å². The van der Waals surface area contributed by atoms with Gasteiger partial charge in [-0.3, -0.25) is 4.79 Å². The Morgan fingerprint density at radius 2 is 1.80 bits per heavy atom. The molecule has 3 nitrogen and oxygen atoms in total. The molecule has 0 aliphatic carbocycles. The number of carboxylic acids is 1. The van der Waals surface area contributed by atoms with Crippen LogP contribution >= 0.6 is 0 Å². The Morgan fingerprint density at radius 3 is 2.20 bits per heavy atom. The largest absolute Gasteiger partial charge is 0.478 e. The predicted octanol–water partition coefficient (Wildman–Crippen LogP) is 2.21. The van der Waals surface area contributed by atoms with Crippen molar-refractivity contribution in [3.05, 3.63) is 40.5 Å². The van der Waals surface area contributed by atoms with E-state index in [4.69, 9.17) is 5.11 Å². The van der Waals surface area contributed by atoms with E-state index in [9.17, 15) is 9.59 Å². The van der Waals surface area contributed by atoms with Crippen molar-refractivity contribution >= 4 is 18.3 Å². The molecule has 0 amide bonds. The predicted molar refractivity (Wildman–Crippen MR) is 58.0 cm³/mol. The van der Waals surface area contributed by atoms with Gasteiger partial charge in [-0.2, -0.15) is 0 Å². The maximum atomic E-state index is 10.6. The Bertz CT molecular complexity index is 407. The summed E-state index contributed by atoms with van der Waals surface area (Å²) in [7, 11) is 0. The first kappa shape index (κ1) is 11.2. The maximum absolute atomic E-state index is 10.6. The van der Waals surface area contributed by atoms with Crippen molar-refractivity contribution in [3.63, 3.8) is 0 Å². The fourth-order valence-corrected chi connectivity index (χ4v) is 1.49. The van der Waals surface area contributed by atoms with E-state index in [0.29, 0.717) is 5.56 Å². The number of aryl methyl sites for hydroxylation is 2. The highest BCUT2D eigenvalue weighted by atomic mass is 16.4. The average Bonchev–Trinajstić information content (AvgIpc) is 2.15. The number of aliphatic carboxylic acids is 1. The molecule has 15 heavy (non-hydrogen) atoms. The lowest BCUT2D eigenvalue weighted by molar-refractivity contribution is -0.131. The van der Waals surface area contributed by atoms with Crippen LogP contribution in [0, 0.1) is 13.8 Å². The molecule has 1 aromatic carbocycles. The highest BCUT2D eigenvalue weighted by Gasteiger charge is 2.02. The van der Waals surface area contributed by atoms with Crippen LogP contribution in [-0.4, -0.2) is 17.4 Å². The summed E-state index contributed by atoms with van der Waals surface area (Å²) in [4.78, 5) is 21.0. The fourth-order valence-electron chi connectivity index (χ4n) is 1.49. The number of hydrogen-bond acceptors (Lipinski definition) is 2. The van der Waals surface area contributed by atoms with Crippen LogP contribution in [0.1, 0.15) is 27.0 Å². The summed E-state index contributed by atoms with van der Waals surface area (Å²) in [5, 5.41) is 8.51. The Hall–Kier alpha value is -1.90. The van der Waals surface area contributed by atoms with Crippen LogP contribution in [0.4, 0.5) is 0 Å². The number of aldehydes is 1. The molecule has 1 aromatic rings. The number of hydrogen-bond donors (Lipinski definition) is 1. The molecule has 0 aliphatic heterocycles. The molecule has 0 radical (unpaired) electrons. The lowest BCUT2D eigenvalue weighted by atomic mass is 9.99. The standard InChI is InChI=1S/C12H12O3/c1-8-5-10(7-13)6-9(2)11(8)3-4-12(14)15/h3-7H,1-2H3,(H,14,15).